The minimum atomic E-state index is -0.221. The zero-order valence-electron chi connectivity index (χ0n) is 13.8. The lowest BCUT2D eigenvalue weighted by Crippen LogP contribution is -2.30. The van der Waals surface area contributed by atoms with Crippen molar-refractivity contribution < 1.29 is 9.59 Å². The molecule has 25 heavy (non-hydrogen) atoms. The summed E-state index contributed by atoms with van der Waals surface area (Å²) in [6.45, 7) is 6.74. The summed E-state index contributed by atoms with van der Waals surface area (Å²) in [6.07, 6.45) is 3.53. The molecule has 0 aliphatic carbocycles. The number of benzene rings is 1. The maximum atomic E-state index is 13.1. The van der Waals surface area contributed by atoms with Gasteiger partial charge >= 0.3 is 0 Å². The second-order valence-electron chi connectivity index (χ2n) is 5.75. The average Bonchev–Trinajstić information content (AvgIpc) is 3.00. The van der Waals surface area contributed by atoms with Gasteiger partial charge in [-0.15, -0.1) is 6.58 Å². The van der Waals surface area contributed by atoms with Gasteiger partial charge in [0.05, 0.1) is 16.2 Å². The molecule has 0 atom stereocenters. The molecule has 0 radical (unpaired) electrons. The van der Waals surface area contributed by atoms with Gasteiger partial charge in [0.15, 0.2) is 0 Å². The predicted molar refractivity (Wildman–Crippen MR) is 110 cm³/mol. The van der Waals surface area contributed by atoms with E-state index >= 15 is 0 Å². The van der Waals surface area contributed by atoms with Crippen LogP contribution in [0.25, 0.3) is 5.57 Å². The molecular weight excluding hydrogens is 420 g/mol. The zero-order chi connectivity index (χ0) is 18.1. The molecule has 0 bridgehead atoms. The fraction of sp³-hybridized carbons (Fsp3) is 0.278. The van der Waals surface area contributed by atoms with E-state index in [1.54, 1.807) is 11.0 Å². The van der Waals surface area contributed by atoms with Crippen LogP contribution in [0.4, 0.5) is 5.69 Å². The molecule has 4 nitrogen and oxygen atoms in total. The van der Waals surface area contributed by atoms with E-state index < -0.39 is 0 Å². The first kappa shape index (κ1) is 18.4. The van der Waals surface area contributed by atoms with Gasteiger partial charge in [-0.3, -0.25) is 14.5 Å². The number of amides is 2. The summed E-state index contributed by atoms with van der Waals surface area (Å²) in [7, 11) is 0. The first-order chi connectivity index (χ1) is 12.0. The first-order valence-electron chi connectivity index (χ1n) is 8.00. The van der Waals surface area contributed by atoms with Gasteiger partial charge in [0, 0.05) is 23.1 Å². The molecule has 2 amide bonds. The van der Waals surface area contributed by atoms with Gasteiger partial charge in [-0.1, -0.05) is 59.3 Å². The number of rotatable bonds is 5. The largest absolute Gasteiger partial charge is 0.308 e. The lowest BCUT2D eigenvalue weighted by molar-refractivity contribution is -0.122. The van der Waals surface area contributed by atoms with Crippen molar-refractivity contribution in [3.05, 3.63) is 45.8 Å². The summed E-state index contributed by atoms with van der Waals surface area (Å²) in [4.78, 5) is 29.5. The number of unbranched alkanes of at least 4 members (excludes halogenated alkanes) is 1. The number of hydrogen-bond donors (Lipinski definition) is 0. The molecule has 0 N–H and O–H groups in total. The second-order valence-corrected chi connectivity index (χ2v) is 8.31. The molecule has 1 aromatic rings. The van der Waals surface area contributed by atoms with Crippen molar-refractivity contribution in [3.63, 3.8) is 0 Å². The van der Waals surface area contributed by atoms with E-state index in [-0.39, 0.29) is 11.8 Å². The number of hydrogen-bond acceptors (Lipinski definition) is 4. The summed E-state index contributed by atoms with van der Waals surface area (Å²) >= 11 is 9.97. The third-order valence-electron chi connectivity index (χ3n) is 4.10. The van der Waals surface area contributed by atoms with E-state index in [4.69, 9.17) is 12.2 Å². The average molecular weight is 437 g/mol. The van der Waals surface area contributed by atoms with Crippen LogP contribution in [-0.2, 0) is 9.59 Å². The number of thiocarbonyl (C=S) groups is 1. The van der Waals surface area contributed by atoms with Gasteiger partial charge in [-0.2, -0.15) is 0 Å². The molecule has 3 rings (SSSR count). The zero-order valence-corrected chi connectivity index (χ0v) is 17.0. The molecule has 0 aromatic heterocycles. The molecule has 0 unspecified atom stereocenters. The fourth-order valence-corrected chi connectivity index (χ4v) is 4.60. The van der Waals surface area contributed by atoms with Gasteiger partial charge in [0.1, 0.15) is 4.32 Å². The topological polar surface area (TPSA) is 40.6 Å². The normalized spacial score (nSPS) is 19.8. The van der Waals surface area contributed by atoms with E-state index in [0.29, 0.717) is 27.9 Å². The van der Waals surface area contributed by atoms with Crippen LogP contribution in [0.1, 0.15) is 25.3 Å². The summed E-state index contributed by atoms with van der Waals surface area (Å²) in [5, 5.41) is 0. The minimum absolute atomic E-state index is 0.124. The maximum Gasteiger partial charge on any atom is 0.267 e. The van der Waals surface area contributed by atoms with Gasteiger partial charge in [0.25, 0.3) is 11.8 Å². The van der Waals surface area contributed by atoms with Gasteiger partial charge in [0.2, 0.25) is 0 Å². The van der Waals surface area contributed by atoms with Crippen molar-refractivity contribution >= 4 is 67.3 Å². The third kappa shape index (κ3) is 3.20. The predicted octanol–water partition coefficient (Wildman–Crippen LogP) is 4.35. The molecule has 2 aliphatic rings. The van der Waals surface area contributed by atoms with Crippen LogP contribution in [0.3, 0.4) is 0 Å². The molecule has 2 heterocycles. The summed E-state index contributed by atoms with van der Waals surface area (Å²) in [5.41, 5.74) is 2.09. The van der Waals surface area contributed by atoms with Crippen molar-refractivity contribution in [3.8, 4) is 0 Å². The van der Waals surface area contributed by atoms with Crippen LogP contribution in [0, 0.1) is 0 Å². The van der Waals surface area contributed by atoms with Crippen LogP contribution >= 0.6 is 39.9 Å². The Hall–Kier alpha value is -1.44. The number of halogens is 1. The van der Waals surface area contributed by atoms with Crippen LogP contribution in [0.2, 0.25) is 0 Å². The first-order valence-corrected chi connectivity index (χ1v) is 10.0. The fourth-order valence-electron chi connectivity index (χ4n) is 2.90. The van der Waals surface area contributed by atoms with E-state index in [1.165, 1.54) is 16.7 Å². The number of fused-ring (bicyclic) bond motifs is 1. The Kier molecular flexibility index (Phi) is 5.46. The second kappa shape index (κ2) is 7.43. The Balaban J connectivity index is 2.12. The number of anilines is 1. The number of thioether (sulfide) groups is 1. The van der Waals surface area contributed by atoms with Crippen molar-refractivity contribution in [2.24, 2.45) is 0 Å². The Morgan fingerprint density at radius 1 is 1.28 bits per heavy atom. The highest BCUT2D eigenvalue weighted by Crippen LogP contribution is 2.45. The van der Waals surface area contributed by atoms with Crippen molar-refractivity contribution in [1.29, 1.82) is 0 Å². The van der Waals surface area contributed by atoms with Crippen molar-refractivity contribution in [2.75, 3.05) is 18.0 Å². The lowest BCUT2D eigenvalue weighted by atomic mass is 10.1. The smallest absolute Gasteiger partial charge is 0.267 e. The van der Waals surface area contributed by atoms with Crippen LogP contribution in [0.5, 0.6) is 0 Å². The summed E-state index contributed by atoms with van der Waals surface area (Å²) < 4.78 is 1.33. The van der Waals surface area contributed by atoms with E-state index in [2.05, 4.69) is 29.4 Å². The van der Waals surface area contributed by atoms with Crippen LogP contribution in [0.15, 0.2) is 40.2 Å². The molecule has 0 spiro atoms. The molecule has 1 fully saturated rings. The van der Waals surface area contributed by atoms with Crippen LogP contribution < -0.4 is 4.90 Å². The van der Waals surface area contributed by atoms with Gasteiger partial charge < -0.3 is 4.90 Å². The quantitative estimate of drug-likeness (QED) is 0.390. The Morgan fingerprint density at radius 2 is 2.04 bits per heavy atom. The summed E-state index contributed by atoms with van der Waals surface area (Å²) in [6, 6.07) is 5.73. The Bertz CT molecular complexity index is 819. The number of nitrogens with zero attached hydrogens (tertiary/aromatic N) is 2. The van der Waals surface area contributed by atoms with Gasteiger partial charge in [-0.25, -0.2) is 0 Å². The molecule has 2 aliphatic heterocycles. The number of carbonyl (C=O) groups is 2. The maximum absolute atomic E-state index is 13.1. The molecule has 130 valence electrons. The van der Waals surface area contributed by atoms with E-state index in [0.717, 1.165) is 28.6 Å². The van der Waals surface area contributed by atoms with Gasteiger partial charge in [-0.05, 0) is 24.6 Å². The molecule has 0 saturated carbocycles. The monoisotopic (exact) mass is 436 g/mol. The van der Waals surface area contributed by atoms with E-state index in [9.17, 15) is 9.59 Å². The highest BCUT2D eigenvalue weighted by molar-refractivity contribution is 9.10. The SMILES string of the molecule is C=CCN1C(=O)/C(=C2/C(=O)N(CCCC)c3ccc(Br)cc32)SC1=S. The molecule has 1 aromatic carbocycles. The standard InChI is InChI=1S/C18H17BrN2O2S2/c1-3-5-9-20-13-7-6-11(19)10-12(13)14(16(20)22)15-17(23)21(8-4-2)18(24)25-15/h4,6-7,10H,2-3,5,8-9H2,1H3/b15-14-. The van der Waals surface area contributed by atoms with Crippen molar-refractivity contribution in [1.82, 2.24) is 4.90 Å². The summed E-state index contributed by atoms with van der Waals surface area (Å²) in [5.74, 6) is -0.345. The molecule has 7 heteroatoms. The highest BCUT2D eigenvalue weighted by Gasteiger charge is 2.41. The number of carbonyl (C=O) groups excluding carboxylic acids is 2. The highest BCUT2D eigenvalue weighted by atomic mass is 79.9. The van der Waals surface area contributed by atoms with E-state index in [1.807, 2.05) is 18.2 Å². The Labute approximate surface area is 165 Å². The molecule has 1 saturated heterocycles. The molecular formula is C18H17BrN2O2S2. The Morgan fingerprint density at radius 3 is 2.72 bits per heavy atom. The third-order valence-corrected chi connectivity index (χ3v) is 6.04. The van der Waals surface area contributed by atoms with Crippen molar-refractivity contribution in [2.45, 2.75) is 19.8 Å². The lowest BCUT2D eigenvalue weighted by Gasteiger charge is -2.16. The minimum Gasteiger partial charge on any atom is -0.308 e. The van der Waals surface area contributed by atoms with Crippen LogP contribution in [-0.4, -0.2) is 34.1 Å².